The molecule has 2 atom stereocenters. The van der Waals surface area contributed by atoms with E-state index in [1.54, 1.807) is 0 Å². The van der Waals surface area contributed by atoms with Crippen LogP contribution in [0.25, 0.3) is 0 Å². The van der Waals surface area contributed by atoms with Gasteiger partial charge in [-0.2, -0.15) is 0 Å². The lowest BCUT2D eigenvalue weighted by Crippen LogP contribution is -2.49. The summed E-state index contributed by atoms with van der Waals surface area (Å²) in [7, 11) is 0. The highest BCUT2D eigenvalue weighted by Gasteiger charge is 2.30. The SMILES string of the molecule is CC1Cc2ccccc2N(C(=O)[C@@H](N)C(C)C)C1. The summed E-state index contributed by atoms with van der Waals surface area (Å²) in [6, 6.07) is 7.72. The summed E-state index contributed by atoms with van der Waals surface area (Å²) in [5.41, 5.74) is 8.29. The molecule has 1 unspecified atom stereocenters. The first-order chi connectivity index (χ1) is 8.50. The fraction of sp³-hybridized carbons (Fsp3) is 0.533. The van der Waals surface area contributed by atoms with Crippen LogP contribution < -0.4 is 10.6 Å². The van der Waals surface area contributed by atoms with Crippen LogP contribution in [0.2, 0.25) is 0 Å². The van der Waals surface area contributed by atoms with Crippen molar-refractivity contribution >= 4 is 11.6 Å². The van der Waals surface area contributed by atoms with E-state index in [1.165, 1.54) is 5.56 Å². The van der Waals surface area contributed by atoms with Gasteiger partial charge >= 0.3 is 0 Å². The molecule has 0 saturated carbocycles. The number of carbonyl (C=O) groups is 1. The molecular weight excluding hydrogens is 224 g/mol. The van der Waals surface area contributed by atoms with Gasteiger partial charge in [0.1, 0.15) is 0 Å². The van der Waals surface area contributed by atoms with E-state index in [0.29, 0.717) is 5.92 Å². The number of rotatable bonds is 2. The van der Waals surface area contributed by atoms with Gasteiger partial charge in [-0.1, -0.05) is 39.0 Å². The second-order valence-electron chi connectivity index (χ2n) is 5.66. The van der Waals surface area contributed by atoms with Crippen molar-refractivity contribution in [3.05, 3.63) is 29.8 Å². The Morgan fingerprint density at radius 3 is 2.72 bits per heavy atom. The Morgan fingerprint density at radius 1 is 1.39 bits per heavy atom. The van der Waals surface area contributed by atoms with Crippen molar-refractivity contribution in [3.63, 3.8) is 0 Å². The summed E-state index contributed by atoms with van der Waals surface area (Å²) >= 11 is 0. The number of fused-ring (bicyclic) bond motifs is 1. The van der Waals surface area contributed by atoms with Crippen LogP contribution >= 0.6 is 0 Å². The molecule has 1 heterocycles. The third-order valence-corrected chi connectivity index (χ3v) is 3.61. The highest BCUT2D eigenvalue weighted by atomic mass is 16.2. The third kappa shape index (κ3) is 2.41. The van der Waals surface area contributed by atoms with Gasteiger partial charge in [0.2, 0.25) is 5.91 Å². The van der Waals surface area contributed by atoms with E-state index in [-0.39, 0.29) is 11.8 Å². The fourth-order valence-electron chi connectivity index (χ4n) is 2.47. The Morgan fingerprint density at radius 2 is 2.06 bits per heavy atom. The molecule has 0 fully saturated rings. The lowest BCUT2D eigenvalue weighted by atomic mass is 9.92. The highest BCUT2D eigenvalue weighted by Crippen LogP contribution is 2.30. The third-order valence-electron chi connectivity index (χ3n) is 3.61. The predicted octanol–water partition coefficient (Wildman–Crippen LogP) is 2.20. The van der Waals surface area contributed by atoms with Crippen LogP contribution in [-0.4, -0.2) is 18.5 Å². The Hall–Kier alpha value is -1.35. The summed E-state index contributed by atoms with van der Waals surface area (Å²) < 4.78 is 0. The minimum Gasteiger partial charge on any atom is -0.320 e. The molecule has 0 saturated heterocycles. The van der Waals surface area contributed by atoms with E-state index in [4.69, 9.17) is 5.73 Å². The Bertz CT molecular complexity index is 442. The monoisotopic (exact) mass is 246 g/mol. The van der Waals surface area contributed by atoms with E-state index >= 15 is 0 Å². The molecule has 1 aliphatic rings. The van der Waals surface area contributed by atoms with Gasteiger partial charge in [-0.05, 0) is 29.9 Å². The molecule has 1 aromatic carbocycles. The first kappa shape index (κ1) is 13.1. The number of nitrogens with two attached hydrogens (primary N) is 1. The second kappa shape index (κ2) is 5.11. The lowest BCUT2D eigenvalue weighted by Gasteiger charge is -2.35. The molecule has 0 bridgehead atoms. The minimum absolute atomic E-state index is 0.0454. The average Bonchev–Trinajstić information content (AvgIpc) is 2.35. The van der Waals surface area contributed by atoms with Crippen molar-refractivity contribution in [2.75, 3.05) is 11.4 Å². The van der Waals surface area contributed by atoms with Crippen LogP contribution in [0.5, 0.6) is 0 Å². The van der Waals surface area contributed by atoms with E-state index in [0.717, 1.165) is 18.7 Å². The highest BCUT2D eigenvalue weighted by molar-refractivity contribution is 5.98. The normalized spacial score (nSPS) is 20.7. The largest absolute Gasteiger partial charge is 0.320 e. The molecule has 3 nitrogen and oxygen atoms in total. The number of para-hydroxylation sites is 1. The summed E-state index contributed by atoms with van der Waals surface area (Å²) in [5, 5.41) is 0. The van der Waals surface area contributed by atoms with Gasteiger partial charge in [-0.25, -0.2) is 0 Å². The minimum atomic E-state index is -0.414. The van der Waals surface area contributed by atoms with Crippen LogP contribution in [0.15, 0.2) is 24.3 Å². The van der Waals surface area contributed by atoms with E-state index in [9.17, 15) is 4.79 Å². The van der Waals surface area contributed by atoms with Crippen LogP contribution in [0, 0.1) is 11.8 Å². The molecule has 0 spiro atoms. The number of carbonyl (C=O) groups excluding carboxylic acids is 1. The van der Waals surface area contributed by atoms with Crippen molar-refractivity contribution in [1.29, 1.82) is 0 Å². The number of hydrogen-bond donors (Lipinski definition) is 1. The maximum atomic E-state index is 12.4. The van der Waals surface area contributed by atoms with Gasteiger partial charge in [0.05, 0.1) is 6.04 Å². The van der Waals surface area contributed by atoms with Gasteiger partial charge in [-0.15, -0.1) is 0 Å². The van der Waals surface area contributed by atoms with Crippen molar-refractivity contribution in [2.24, 2.45) is 17.6 Å². The zero-order chi connectivity index (χ0) is 13.3. The van der Waals surface area contributed by atoms with E-state index in [1.807, 2.05) is 36.9 Å². The summed E-state index contributed by atoms with van der Waals surface area (Å²) in [6.45, 7) is 6.93. The number of nitrogens with zero attached hydrogens (tertiary/aromatic N) is 1. The molecular formula is C15H22N2O. The maximum Gasteiger partial charge on any atom is 0.244 e. The molecule has 1 amide bonds. The van der Waals surface area contributed by atoms with Gasteiger partial charge < -0.3 is 10.6 Å². The van der Waals surface area contributed by atoms with Crippen LogP contribution in [0.1, 0.15) is 26.3 Å². The predicted molar refractivity (Wildman–Crippen MR) is 74.5 cm³/mol. The molecule has 1 aromatic rings. The molecule has 3 heteroatoms. The van der Waals surface area contributed by atoms with E-state index < -0.39 is 6.04 Å². The topological polar surface area (TPSA) is 46.3 Å². The average molecular weight is 246 g/mol. The number of benzene rings is 1. The van der Waals surface area contributed by atoms with Gasteiger partial charge in [-0.3, -0.25) is 4.79 Å². The summed E-state index contributed by atoms with van der Waals surface area (Å²) in [6.07, 6.45) is 1.04. The molecule has 18 heavy (non-hydrogen) atoms. The summed E-state index contributed by atoms with van der Waals surface area (Å²) in [5.74, 6) is 0.703. The van der Waals surface area contributed by atoms with Crippen molar-refractivity contribution in [3.8, 4) is 0 Å². The quantitative estimate of drug-likeness (QED) is 0.869. The molecule has 2 rings (SSSR count). The van der Waals surface area contributed by atoms with Crippen molar-refractivity contribution < 1.29 is 4.79 Å². The second-order valence-corrected chi connectivity index (χ2v) is 5.66. The Balaban J connectivity index is 2.31. The zero-order valence-electron chi connectivity index (χ0n) is 11.4. The molecule has 2 N–H and O–H groups in total. The van der Waals surface area contributed by atoms with Crippen LogP contribution in [0.4, 0.5) is 5.69 Å². The fourth-order valence-corrected chi connectivity index (χ4v) is 2.47. The molecule has 0 aliphatic carbocycles. The summed E-state index contributed by atoms with van der Waals surface area (Å²) in [4.78, 5) is 14.3. The number of hydrogen-bond acceptors (Lipinski definition) is 2. The Kier molecular flexibility index (Phi) is 3.71. The van der Waals surface area contributed by atoms with Gasteiger partial charge in [0.15, 0.2) is 0 Å². The molecule has 0 aromatic heterocycles. The maximum absolute atomic E-state index is 12.4. The van der Waals surface area contributed by atoms with Crippen LogP contribution in [-0.2, 0) is 11.2 Å². The first-order valence-electron chi connectivity index (χ1n) is 6.65. The first-order valence-corrected chi connectivity index (χ1v) is 6.65. The van der Waals surface area contributed by atoms with Gasteiger partial charge in [0.25, 0.3) is 0 Å². The van der Waals surface area contributed by atoms with Crippen LogP contribution in [0.3, 0.4) is 0 Å². The van der Waals surface area contributed by atoms with Crippen molar-refractivity contribution in [1.82, 2.24) is 0 Å². The number of anilines is 1. The Labute approximate surface area is 109 Å². The van der Waals surface area contributed by atoms with E-state index in [2.05, 4.69) is 13.0 Å². The van der Waals surface area contributed by atoms with Crippen molar-refractivity contribution in [2.45, 2.75) is 33.2 Å². The molecule has 98 valence electrons. The van der Waals surface area contributed by atoms with Gasteiger partial charge in [0, 0.05) is 12.2 Å². The standard InChI is InChI=1S/C15H22N2O/c1-10(2)14(16)15(18)17-9-11(3)8-12-6-4-5-7-13(12)17/h4-7,10-11,14H,8-9,16H2,1-3H3/t11?,14-/m0/s1. The smallest absolute Gasteiger partial charge is 0.244 e. The molecule has 1 aliphatic heterocycles. The molecule has 0 radical (unpaired) electrons. The zero-order valence-corrected chi connectivity index (χ0v) is 11.4. The number of amides is 1. The lowest BCUT2D eigenvalue weighted by molar-refractivity contribution is -0.120.